The number of aliphatic imine (C=N–C) groups is 1. The zero-order valence-electron chi connectivity index (χ0n) is 15.5. The molecule has 0 aliphatic carbocycles. The van der Waals surface area contributed by atoms with E-state index < -0.39 is 0 Å². The number of rotatable bonds is 6. The lowest BCUT2D eigenvalue weighted by molar-refractivity contribution is 0.280. The summed E-state index contributed by atoms with van der Waals surface area (Å²) in [5.41, 5.74) is 2.25. The first kappa shape index (κ1) is 21.7. The Morgan fingerprint density at radius 3 is 2.60 bits per heavy atom. The van der Waals surface area contributed by atoms with Crippen LogP contribution in [-0.4, -0.2) is 43.1 Å². The molecule has 0 aliphatic rings. The number of aryl methyl sites for hydroxylation is 3. The number of para-hydroxylation sites is 1. The molecule has 0 bridgehead atoms. The van der Waals surface area contributed by atoms with E-state index in [1.807, 2.05) is 32.2 Å². The highest BCUT2D eigenvalue weighted by Gasteiger charge is 2.09. The minimum atomic E-state index is 0. The van der Waals surface area contributed by atoms with Crippen LogP contribution in [0.3, 0.4) is 0 Å². The second-order valence-corrected chi connectivity index (χ2v) is 6.97. The van der Waals surface area contributed by atoms with Crippen LogP contribution in [0.2, 0.25) is 0 Å². The Kier molecular flexibility index (Phi) is 9.20. The van der Waals surface area contributed by atoms with E-state index in [2.05, 4.69) is 40.1 Å². The van der Waals surface area contributed by atoms with Crippen LogP contribution in [0.1, 0.15) is 21.1 Å². The van der Waals surface area contributed by atoms with Gasteiger partial charge in [-0.25, -0.2) is 4.98 Å². The Morgan fingerprint density at radius 2 is 2.00 bits per heavy atom. The highest BCUT2D eigenvalue weighted by atomic mass is 127. The highest BCUT2D eigenvalue weighted by molar-refractivity contribution is 14.0. The predicted molar refractivity (Wildman–Crippen MR) is 117 cm³/mol. The molecular weight excluding hydrogens is 447 g/mol. The molecule has 0 saturated heterocycles. The molecule has 0 spiro atoms. The summed E-state index contributed by atoms with van der Waals surface area (Å²) >= 11 is 1.72. The molecule has 0 fully saturated rings. The van der Waals surface area contributed by atoms with Crippen molar-refractivity contribution in [3.05, 3.63) is 45.4 Å². The summed E-state index contributed by atoms with van der Waals surface area (Å²) in [7, 11) is 3.80. The van der Waals surface area contributed by atoms with Gasteiger partial charge in [-0.15, -0.1) is 35.3 Å². The molecule has 1 aromatic heterocycles. The molecule has 0 atom stereocenters. The molecule has 0 amide bonds. The van der Waals surface area contributed by atoms with Gasteiger partial charge in [0.1, 0.15) is 17.4 Å². The van der Waals surface area contributed by atoms with Crippen molar-refractivity contribution < 1.29 is 4.74 Å². The Morgan fingerprint density at radius 1 is 1.28 bits per heavy atom. The van der Waals surface area contributed by atoms with Crippen molar-refractivity contribution in [3.63, 3.8) is 0 Å². The molecule has 1 heterocycles. The van der Waals surface area contributed by atoms with Crippen molar-refractivity contribution in [1.29, 1.82) is 0 Å². The molecule has 2 rings (SSSR count). The molecule has 0 saturated carbocycles. The number of thiazole rings is 1. The van der Waals surface area contributed by atoms with E-state index in [9.17, 15) is 0 Å². The Bertz CT molecular complexity index is 683. The van der Waals surface area contributed by atoms with Gasteiger partial charge in [0.25, 0.3) is 0 Å². The summed E-state index contributed by atoms with van der Waals surface area (Å²) in [6.45, 7) is 8.24. The van der Waals surface area contributed by atoms with Crippen LogP contribution >= 0.6 is 35.3 Å². The van der Waals surface area contributed by atoms with Gasteiger partial charge < -0.3 is 15.0 Å². The van der Waals surface area contributed by atoms with E-state index in [4.69, 9.17) is 4.74 Å². The van der Waals surface area contributed by atoms with Gasteiger partial charge in [-0.2, -0.15) is 0 Å². The standard InChI is InChI=1S/C18H26N4OS.HI/c1-13-8-6-7-9-16(13)23-11-10-22(5)18(19-4)20-12-17-21-14(2)15(3)24-17;/h6-9H,10-12H2,1-5H3,(H,19,20);1H. The summed E-state index contributed by atoms with van der Waals surface area (Å²) in [6, 6.07) is 8.06. The monoisotopic (exact) mass is 474 g/mol. The molecule has 7 heteroatoms. The predicted octanol–water partition coefficient (Wildman–Crippen LogP) is 3.77. The number of halogens is 1. The Hall–Kier alpha value is -1.35. The van der Waals surface area contributed by atoms with Crippen molar-refractivity contribution in [2.24, 2.45) is 4.99 Å². The summed E-state index contributed by atoms with van der Waals surface area (Å²) < 4.78 is 5.85. The second kappa shape index (κ2) is 10.6. The first-order valence-electron chi connectivity index (χ1n) is 8.04. The van der Waals surface area contributed by atoms with Crippen molar-refractivity contribution in [3.8, 4) is 5.75 Å². The fraction of sp³-hybridized carbons (Fsp3) is 0.444. The van der Waals surface area contributed by atoms with E-state index >= 15 is 0 Å². The molecule has 2 aromatic rings. The molecule has 0 radical (unpaired) electrons. The number of guanidine groups is 1. The molecule has 0 unspecified atom stereocenters. The molecule has 25 heavy (non-hydrogen) atoms. The molecule has 138 valence electrons. The van der Waals surface area contributed by atoms with Gasteiger partial charge in [-0.05, 0) is 32.4 Å². The number of nitrogens with zero attached hydrogens (tertiary/aromatic N) is 3. The smallest absolute Gasteiger partial charge is 0.193 e. The van der Waals surface area contributed by atoms with Gasteiger partial charge in [-0.3, -0.25) is 4.99 Å². The average Bonchev–Trinajstić information content (AvgIpc) is 2.88. The number of benzene rings is 1. The van der Waals surface area contributed by atoms with E-state index in [1.54, 1.807) is 18.4 Å². The summed E-state index contributed by atoms with van der Waals surface area (Å²) in [5, 5.41) is 4.43. The molecule has 5 nitrogen and oxygen atoms in total. The minimum absolute atomic E-state index is 0. The summed E-state index contributed by atoms with van der Waals surface area (Å²) in [4.78, 5) is 12.2. The van der Waals surface area contributed by atoms with Crippen molar-refractivity contribution >= 4 is 41.3 Å². The van der Waals surface area contributed by atoms with E-state index in [0.29, 0.717) is 13.2 Å². The molecule has 1 N–H and O–H groups in total. The Labute approximate surface area is 171 Å². The van der Waals surface area contributed by atoms with Gasteiger partial charge in [0.15, 0.2) is 5.96 Å². The van der Waals surface area contributed by atoms with Gasteiger partial charge in [0, 0.05) is 19.0 Å². The van der Waals surface area contributed by atoms with E-state index in [1.165, 1.54) is 4.88 Å². The lowest BCUT2D eigenvalue weighted by Gasteiger charge is -2.22. The maximum Gasteiger partial charge on any atom is 0.193 e. The van der Waals surface area contributed by atoms with Crippen LogP contribution in [0.15, 0.2) is 29.3 Å². The largest absolute Gasteiger partial charge is 0.491 e. The van der Waals surface area contributed by atoms with E-state index in [-0.39, 0.29) is 24.0 Å². The lowest BCUT2D eigenvalue weighted by atomic mass is 10.2. The fourth-order valence-corrected chi connectivity index (χ4v) is 3.14. The molecule has 1 aromatic carbocycles. The maximum absolute atomic E-state index is 5.85. The number of ether oxygens (including phenoxy) is 1. The van der Waals surface area contributed by atoms with Crippen LogP contribution in [0, 0.1) is 20.8 Å². The Balaban J connectivity index is 0.00000312. The quantitative estimate of drug-likeness (QED) is 0.394. The number of hydrogen-bond donors (Lipinski definition) is 1. The van der Waals surface area contributed by atoms with Gasteiger partial charge in [0.05, 0.1) is 18.8 Å². The first-order chi connectivity index (χ1) is 11.5. The first-order valence-corrected chi connectivity index (χ1v) is 8.86. The minimum Gasteiger partial charge on any atom is -0.491 e. The summed E-state index contributed by atoms with van der Waals surface area (Å²) in [6.07, 6.45) is 0. The van der Waals surface area contributed by atoms with Crippen LogP contribution < -0.4 is 10.1 Å². The lowest BCUT2D eigenvalue weighted by Crippen LogP contribution is -2.40. The van der Waals surface area contributed by atoms with Gasteiger partial charge >= 0.3 is 0 Å². The average molecular weight is 474 g/mol. The fourth-order valence-electron chi connectivity index (χ4n) is 2.27. The van der Waals surface area contributed by atoms with Crippen LogP contribution in [0.4, 0.5) is 0 Å². The third-order valence-corrected chi connectivity index (χ3v) is 4.89. The summed E-state index contributed by atoms with van der Waals surface area (Å²) in [5.74, 6) is 1.77. The topological polar surface area (TPSA) is 49.8 Å². The highest BCUT2D eigenvalue weighted by Crippen LogP contribution is 2.16. The van der Waals surface area contributed by atoms with E-state index in [0.717, 1.165) is 34.5 Å². The zero-order chi connectivity index (χ0) is 17.5. The van der Waals surface area contributed by atoms with Crippen molar-refractivity contribution in [1.82, 2.24) is 15.2 Å². The number of aromatic nitrogens is 1. The zero-order valence-corrected chi connectivity index (χ0v) is 18.6. The van der Waals surface area contributed by atoms with Crippen LogP contribution in [-0.2, 0) is 6.54 Å². The second-order valence-electron chi connectivity index (χ2n) is 5.69. The number of likely N-dealkylation sites (N-methyl/N-ethyl adjacent to an activating group) is 1. The SMILES string of the molecule is CN=C(NCc1nc(C)c(C)s1)N(C)CCOc1ccccc1C.I. The third kappa shape index (κ3) is 6.47. The molecule has 0 aliphatic heterocycles. The van der Waals surface area contributed by atoms with Crippen LogP contribution in [0.5, 0.6) is 5.75 Å². The van der Waals surface area contributed by atoms with Crippen molar-refractivity contribution in [2.75, 3.05) is 27.2 Å². The normalized spacial score (nSPS) is 11.0. The number of hydrogen-bond acceptors (Lipinski definition) is 4. The number of nitrogens with one attached hydrogen (secondary N) is 1. The molecular formula is C18H27IN4OS. The van der Waals surface area contributed by atoms with Gasteiger partial charge in [-0.1, -0.05) is 18.2 Å². The van der Waals surface area contributed by atoms with Gasteiger partial charge in [0.2, 0.25) is 0 Å². The maximum atomic E-state index is 5.85. The van der Waals surface area contributed by atoms with Crippen LogP contribution in [0.25, 0.3) is 0 Å². The van der Waals surface area contributed by atoms with Crippen molar-refractivity contribution in [2.45, 2.75) is 27.3 Å². The third-order valence-electron chi connectivity index (χ3n) is 3.82.